The molecule has 0 radical (unpaired) electrons. The molecule has 6 nitrogen and oxygen atoms in total. The van der Waals surface area contributed by atoms with E-state index >= 15 is 0 Å². The summed E-state index contributed by atoms with van der Waals surface area (Å²) in [5.41, 5.74) is 3.89. The molecule has 27 heavy (non-hydrogen) atoms. The van der Waals surface area contributed by atoms with Gasteiger partial charge in [0.05, 0.1) is 16.5 Å². The van der Waals surface area contributed by atoms with Gasteiger partial charge >= 0.3 is 0 Å². The van der Waals surface area contributed by atoms with Crippen molar-refractivity contribution in [3.05, 3.63) is 66.0 Å². The number of nitrogens with one attached hydrogen (secondary N) is 1. The van der Waals surface area contributed by atoms with E-state index < -0.39 is 0 Å². The molecule has 0 saturated heterocycles. The molecule has 0 atom stereocenters. The average Bonchev–Trinajstić information content (AvgIpc) is 3.38. The van der Waals surface area contributed by atoms with Gasteiger partial charge in [-0.3, -0.25) is 9.36 Å². The Hall–Kier alpha value is -2.93. The maximum atomic E-state index is 12.4. The topological polar surface area (TPSA) is 64.7 Å². The van der Waals surface area contributed by atoms with Crippen molar-refractivity contribution in [1.29, 1.82) is 0 Å². The predicted octanol–water partition coefficient (Wildman–Crippen LogP) is 3.72. The van der Waals surface area contributed by atoms with Crippen LogP contribution in [-0.2, 0) is 6.54 Å². The van der Waals surface area contributed by atoms with Crippen LogP contribution >= 0.6 is 11.3 Å². The van der Waals surface area contributed by atoms with Gasteiger partial charge in [-0.15, -0.1) is 0 Å². The number of carbonyl (C=O) groups is 1. The highest BCUT2D eigenvalue weighted by molar-refractivity contribution is 7.20. The molecule has 4 rings (SSSR count). The zero-order valence-electron chi connectivity index (χ0n) is 15.3. The van der Waals surface area contributed by atoms with E-state index in [-0.39, 0.29) is 5.91 Å². The summed E-state index contributed by atoms with van der Waals surface area (Å²) in [5, 5.41) is 3.92. The fourth-order valence-corrected chi connectivity index (χ4v) is 4.23. The maximum absolute atomic E-state index is 12.4. The standard InChI is InChI=1S/C20H21N5OS/c1-14-4-5-15(2)25(14)20-23-17-7-6-16(12-18(17)27-20)19(26)22-8-3-10-24-11-9-21-13-24/h4-7,9,11-13H,3,8,10H2,1-2H3,(H,22,26). The second-order valence-corrected chi connectivity index (χ2v) is 7.55. The van der Waals surface area contributed by atoms with E-state index in [0.717, 1.165) is 39.7 Å². The number of hydrogen-bond donors (Lipinski definition) is 1. The van der Waals surface area contributed by atoms with Gasteiger partial charge in [-0.25, -0.2) is 9.97 Å². The number of carbonyl (C=O) groups excluding carboxylic acids is 1. The van der Waals surface area contributed by atoms with Crippen molar-refractivity contribution >= 4 is 27.5 Å². The van der Waals surface area contributed by atoms with Gasteiger partial charge in [0.2, 0.25) is 0 Å². The zero-order valence-corrected chi connectivity index (χ0v) is 16.2. The number of aryl methyl sites for hydroxylation is 3. The Balaban J connectivity index is 1.45. The van der Waals surface area contributed by atoms with E-state index in [2.05, 4.69) is 40.8 Å². The molecule has 0 bridgehead atoms. The SMILES string of the molecule is Cc1ccc(C)n1-c1nc2ccc(C(=O)NCCCn3ccnc3)cc2s1. The van der Waals surface area contributed by atoms with E-state index in [1.54, 1.807) is 23.9 Å². The number of fused-ring (bicyclic) bond motifs is 1. The molecular weight excluding hydrogens is 358 g/mol. The van der Waals surface area contributed by atoms with E-state index in [4.69, 9.17) is 4.98 Å². The number of aromatic nitrogens is 4. The lowest BCUT2D eigenvalue weighted by Gasteiger charge is -2.05. The van der Waals surface area contributed by atoms with Crippen LogP contribution in [-0.4, -0.2) is 31.6 Å². The zero-order chi connectivity index (χ0) is 18.8. The molecule has 1 N–H and O–H groups in total. The summed E-state index contributed by atoms with van der Waals surface area (Å²) in [4.78, 5) is 21.2. The number of thiazole rings is 1. The Bertz CT molecular complexity index is 1060. The first-order chi connectivity index (χ1) is 13.1. The lowest BCUT2D eigenvalue weighted by Crippen LogP contribution is -2.25. The minimum Gasteiger partial charge on any atom is -0.352 e. The highest BCUT2D eigenvalue weighted by Gasteiger charge is 2.12. The normalized spacial score (nSPS) is 11.2. The van der Waals surface area contributed by atoms with Crippen molar-refractivity contribution in [3.8, 4) is 5.13 Å². The van der Waals surface area contributed by atoms with Gasteiger partial charge in [0.1, 0.15) is 0 Å². The first-order valence-electron chi connectivity index (χ1n) is 8.92. The third-order valence-corrected chi connectivity index (χ3v) is 5.54. The smallest absolute Gasteiger partial charge is 0.251 e. The highest BCUT2D eigenvalue weighted by atomic mass is 32.1. The van der Waals surface area contributed by atoms with Crippen molar-refractivity contribution in [2.75, 3.05) is 6.54 Å². The Labute approximate surface area is 161 Å². The van der Waals surface area contributed by atoms with Crippen molar-refractivity contribution in [2.24, 2.45) is 0 Å². The Kier molecular flexibility index (Phi) is 4.77. The number of rotatable bonds is 6. The molecule has 7 heteroatoms. The number of imidazole rings is 1. The minimum atomic E-state index is -0.0502. The van der Waals surface area contributed by atoms with Gasteiger partial charge in [-0.2, -0.15) is 0 Å². The number of hydrogen-bond acceptors (Lipinski definition) is 4. The number of amides is 1. The van der Waals surface area contributed by atoms with E-state index in [1.165, 1.54) is 0 Å². The van der Waals surface area contributed by atoms with Gasteiger partial charge in [-0.05, 0) is 50.6 Å². The average molecular weight is 379 g/mol. The van der Waals surface area contributed by atoms with Gasteiger partial charge in [0, 0.05) is 42.4 Å². The van der Waals surface area contributed by atoms with Crippen LogP contribution < -0.4 is 5.32 Å². The van der Waals surface area contributed by atoms with Crippen molar-refractivity contribution < 1.29 is 4.79 Å². The predicted molar refractivity (Wildman–Crippen MR) is 108 cm³/mol. The molecule has 0 saturated carbocycles. The molecule has 138 valence electrons. The van der Waals surface area contributed by atoms with Crippen LogP contribution in [0.3, 0.4) is 0 Å². The summed E-state index contributed by atoms with van der Waals surface area (Å²) >= 11 is 1.60. The molecule has 3 aromatic heterocycles. The molecule has 0 aliphatic heterocycles. The van der Waals surface area contributed by atoms with Crippen molar-refractivity contribution in [3.63, 3.8) is 0 Å². The Morgan fingerprint density at radius 2 is 2.00 bits per heavy atom. The van der Waals surface area contributed by atoms with Gasteiger partial charge in [-0.1, -0.05) is 11.3 Å². The van der Waals surface area contributed by atoms with Crippen LogP contribution in [0, 0.1) is 13.8 Å². The maximum Gasteiger partial charge on any atom is 0.251 e. The van der Waals surface area contributed by atoms with Crippen molar-refractivity contribution in [2.45, 2.75) is 26.8 Å². The molecule has 1 aromatic carbocycles. The summed E-state index contributed by atoms with van der Waals surface area (Å²) in [6.45, 7) is 5.61. The second-order valence-electron chi connectivity index (χ2n) is 6.54. The lowest BCUT2D eigenvalue weighted by atomic mass is 10.2. The lowest BCUT2D eigenvalue weighted by molar-refractivity contribution is 0.0953. The molecule has 0 fully saturated rings. The van der Waals surface area contributed by atoms with E-state index in [0.29, 0.717) is 12.1 Å². The van der Waals surface area contributed by atoms with E-state index in [9.17, 15) is 4.79 Å². The molecule has 0 aliphatic rings. The van der Waals surface area contributed by atoms with Gasteiger partial charge in [0.25, 0.3) is 5.91 Å². The summed E-state index contributed by atoms with van der Waals surface area (Å²) in [7, 11) is 0. The van der Waals surface area contributed by atoms with Gasteiger partial charge in [0.15, 0.2) is 5.13 Å². The van der Waals surface area contributed by atoms with Crippen LogP contribution in [0.4, 0.5) is 0 Å². The van der Waals surface area contributed by atoms with Crippen LogP contribution in [0.5, 0.6) is 0 Å². The van der Waals surface area contributed by atoms with Crippen LogP contribution in [0.2, 0.25) is 0 Å². The first-order valence-corrected chi connectivity index (χ1v) is 9.73. The molecule has 0 aliphatic carbocycles. The third kappa shape index (κ3) is 3.64. The highest BCUT2D eigenvalue weighted by Crippen LogP contribution is 2.28. The van der Waals surface area contributed by atoms with Crippen LogP contribution in [0.15, 0.2) is 49.1 Å². The summed E-state index contributed by atoms with van der Waals surface area (Å²) in [6, 6.07) is 9.86. The van der Waals surface area contributed by atoms with E-state index in [1.807, 2.05) is 29.0 Å². The first kappa shape index (κ1) is 17.5. The molecule has 3 heterocycles. The number of benzene rings is 1. The fourth-order valence-electron chi connectivity index (χ4n) is 3.10. The summed E-state index contributed by atoms with van der Waals surface area (Å²) in [5.74, 6) is -0.0502. The molecular formula is C20H21N5OS. The third-order valence-electron chi connectivity index (χ3n) is 4.54. The second kappa shape index (κ2) is 7.36. The quantitative estimate of drug-likeness (QED) is 0.519. The fraction of sp³-hybridized carbons (Fsp3) is 0.250. The van der Waals surface area contributed by atoms with Gasteiger partial charge < -0.3 is 9.88 Å². The molecule has 1 amide bonds. The monoisotopic (exact) mass is 379 g/mol. The Morgan fingerprint density at radius 1 is 1.19 bits per heavy atom. The molecule has 0 unspecified atom stereocenters. The summed E-state index contributed by atoms with van der Waals surface area (Å²) in [6.07, 6.45) is 6.33. The van der Waals surface area contributed by atoms with Crippen molar-refractivity contribution in [1.82, 2.24) is 24.4 Å². The molecule has 4 aromatic rings. The summed E-state index contributed by atoms with van der Waals surface area (Å²) < 4.78 is 5.16. The molecule has 0 spiro atoms. The van der Waals surface area contributed by atoms with Crippen LogP contribution in [0.1, 0.15) is 28.2 Å². The van der Waals surface area contributed by atoms with Crippen LogP contribution in [0.25, 0.3) is 15.3 Å². The largest absolute Gasteiger partial charge is 0.352 e. The minimum absolute atomic E-state index is 0.0502. The number of nitrogens with zero attached hydrogens (tertiary/aromatic N) is 4. The Morgan fingerprint density at radius 3 is 2.74 bits per heavy atom.